The second kappa shape index (κ2) is 5.02. The molecule has 0 amide bonds. The Bertz CT molecular complexity index is 524. The van der Waals surface area contributed by atoms with E-state index >= 15 is 0 Å². The lowest BCUT2D eigenvalue weighted by Crippen LogP contribution is -2.38. The van der Waals surface area contributed by atoms with E-state index in [2.05, 4.69) is 4.98 Å². The molecule has 0 spiro atoms. The summed E-state index contributed by atoms with van der Waals surface area (Å²) < 4.78 is 11.5. The largest absolute Gasteiger partial charge is 0.394 e. The number of aliphatic hydroxyl groups excluding tert-OH is 2. The number of methoxy groups -OCH3 is 1. The van der Waals surface area contributed by atoms with E-state index in [0.717, 1.165) is 10.6 Å². The minimum Gasteiger partial charge on any atom is -0.394 e. The second-order valence-electron chi connectivity index (χ2n) is 3.96. The fourth-order valence-corrected chi connectivity index (χ4v) is 1.98. The number of ether oxygens (including phenoxy) is 2. The smallest absolute Gasteiger partial charge is 0.330 e. The summed E-state index contributed by atoms with van der Waals surface area (Å²) in [5, 5.41) is 18.9. The van der Waals surface area contributed by atoms with Crippen LogP contribution in [0.2, 0.25) is 0 Å². The Hall–Kier alpha value is -1.48. The van der Waals surface area contributed by atoms with Crippen LogP contribution in [0, 0.1) is 0 Å². The van der Waals surface area contributed by atoms with Crippen LogP contribution < -0.4 is 11.2 Å². The van der Waals surface area contributed by atoms with Gasteiger partial charge in [0.2, 0.25) is 0 Å². The van der Waals surface area contributed by atoms with Crippen LogP contribution in [0.5, 0.6) is 0 Å². The maximum atomic E-state index is 11.6. The molecule has 0 aliphatic carbocycles. The Balaban J connectivity index is 2.38. The van der Waals surface area contributed by atoms with E-state index in [1.165, 1.54) is 13.3 Å². The van der Waals surface area contributed by atoms with Crippen LogP contribution in [0.3, 0.4) is 0 Å². The highest BCUT2D eigenvalue weighted by Gasteiger charge is 2.45. The molecule has 1 aromatic rings. The molecular formula is C10H14N2O6. The quantitative estimate of drug-likeness (QED) is 0.567. The van der Waals surface area contributed by atoms with Crippen molar-refractivity contribution in [2.45, 2.75) is 24.5 Å². The highest BCUT2D eigenvalue weighted by molar-refractivity contribution is 4.93. The lowest BCUT2D eigenvalue weighted by molar-refractivity contribution is -0.0625. The molecule has 0 saturated carbocycles. The Morgan fingerprint density at radius 1 is 1.56 bits per heavy atom. The zero-order valence-electron chi connectivity index (χ0n) is 9.65. The molecule has 0 radical (unpaired) electrons. The summed E-state index contributed by atoms with van der Waals surface area (Å²) in [6.45, 7) is -0.393. The fraction of sp³-hybridized carbons (Fsp3) is 0.600. The minimum atomic E-state index is -1.05. The van der Waals surface area contributed by atoms with E-state index in [9.17, 15) is 14.7 Å². The average Bonchev–Trinajstić information content (AvgIpc) is 2.65. The van der Waals surface area contributed by atoms with Gasteiger partial charge in [0.15, 0.2) is 6.23 Å². The van der Waals surface area contributed by atoms with Crippen molar-refractivity contribution < 1.29 is 19.7 Å². The fourth-order valence-electron chi connectivity index (χ4n) is 1.98. The van der Waals surface area contributed by atoms with E-state index in [4.69, 9.17) is 14.6 Å². The van der Waals surface area contributed by atoms with E-state index in [-0.39, 0.29) is 0 Å². The number of aromatic nitrogens is 2. The molecule has 2 rings (SSSR count). The molecule has 0 bridgehead atoms. The van der Waals surface area contributed by atoms with E-state index in [1.54, 1.807) is 0 Å². The van der Waals surface area contributed by atoms with E-state index < -0.39 is 42.4 Å². The summed E-state index contributed by atoms with van der Waals surface area (Å²) in [4.78, 5) is 24.7. The summed E-state index contributed by atoms with van der Waals surface area (Å²) in [5.74, 6) is 0. The predicted octanol–water partition coefficient (Wildman–Crippen LogP) is -2.20. The van der Waals surface area contributed by atoms with E-state index in [0.29, 0.717) is 0 Å². The molecule has 1 fully saturated rings. The molecule has 8 heteroatoms. The van der Waals surface area contributed by atoms with Crippen LogP contribution in [-0.4, -0.2) is 51.8 Å². The predicted molar refractivity (Wildman–Crippen MR) is 59.1 cm³/mol. The van der Waals surface area contributed by atoms with Gasteiger partial charge in [0.05, 0.1) is 6.61 Å². The van der Waals surface area contributed by atoms with Gasteiger partial charge in [0.1, 0.15) is 18.3 Å². The third kappa shape index (κ3) is 2.10. The number of hydrogen-bond donors (Lipinski definition) is 3. The number of rotatable bonds is 3. The Labute approximate surface area is 101 Å². The first-order valence-electron chi connectivity index (χ1n) is 5.37. The third-order valence-corrected chi connectivity index (χ3v) is 2.89. The summed E-state index contributed by atoms with van der Waals surface area (Å²) in [6.07, 6.45) is -2.33. The van der Waals surface area contributed by atoms with Crippen molar-refractivity contribution in [2.75, 3.05) is 13.7 Å². The van der Waals surface area contributed by atoms with Crippen molar-refractivity contribution >= 4 is 0 Å². The van der Waals surface area contributed by atoms with Gasteiger partial charge in [0, 0.05) is 19.4 Å². The van der Waals surface area contributed by atoms with Gasteiger partial charge in [-0.1, -0.05) is 0 Å². The maximum absolute atomic E-state index is 11.6. The Kier molecular flexibility index (Phi) is 3.62. The van der Waals surface area contributed by atoms with Crippen molar-refractivity contribution in [3.05, 3.63) is 33.1 Å². The van der Waals surface area contributed by atoms with Crippen LogP contribution in [-0.2, 0) is 9.47 Å². The molecule has 8 nitrogen and oxygen atoms in total. The van der Waals surface area contributed by atoms with Crippen LogP contribution in [0.25, 0.3) is 0 Å². The minimum absolute atomic E-state index is 0.393. The molecule has 2 heterocycles. The highest BCUT2D eigenvalue weighted by Crippen LogP contribution is 2.29. The van der Waals surface area contributed by atoms with Crippen LogP contribution in [0.4, 0.5) is 0 Å². The van der Waals surface area contributed by atoms with Crippen molar-refractivity contribution in [3.8, 4) is 0 Å². The number of nitrogens with zero attached hydrogens (tertiary/aromatic N) is 1. The molecule has 4 atom stereocenters. The van der Waals surface area contributed by atoms with Gasteiger partial charge < -0.3 is 19.7 Å². The number of aromatic amines is 1. The molecule has 1 aliphatic heterocycles. The van der Waals surface area contributed by atoms with Gasteiger partial charge in [-0.2, -0.15) is 0 Å². The number of aliphatic hydroxyl groups is 2. The SMILES string of the molecule is CO[C@@H]1[C@H](O)[C@H](CO)O[C@@H]1n1ccc(=O)[nH]c1=O. The molecule has 0 unspecified atom stereocenters. The second-order valence-corrected chi connectivity index (χ2v) is 3.96. The third-order valence-electron chi connectivity index (χ3n) is 2.89. The van der Waals surface area contributed by atoms with Gasteiger partial charge in [-0.05, 0) is 0 Å². The number of nitrogens with one attached hydrogen (secondary N) is 1. The highest BCUT2D eigenvalue weighted by atomic mass is 16.6. The molecule has 100 valence electrons. The summed E-state index contributed by atoms with van der Waals surface area (Å²) in [7, 11) is 1.36. The number of hydrogen-bond acceptors (Lipinski definition) is 6. The zero-order valence-corrected chi connectivity index (χ0v) is 9.65. The summed E-state index contributed by atoms with van der Waals surface area (Å²) in [5.41, 5.74) is -1.19. The Morgan fingerprint density at radius 2 is 2.28 bits per heavy atom. The Morgan fingerprint density at radius 3 is 2.83 bits per heavy atom. The molecule has 1 saturated heterocycles. The first kappa shape index (κ1) is 13.0. The standard InChI is InChI=1S/C10H14N2O6/c1-17-8-7(15)5(4-13)18-9(8)12-3-2-6(14)11-10(12)16/h2-3,5,7-9,13,15H,4H2,1H3,(H,11,14,16)/t5-,7+,8+,9-/m0/s1. The first-order valence-corrected chi connectivity index (χ1v) is 5.37. The van der Waals surface area contributed by atoms with Crippen LogP contribution >= 0.6 is 0 Å². The molecular weight excluding hydrogens is 244 g/mol. The van der Waals surface area contributed by atoms with Gasteiger partial charge in [-0.25, -0.2) is 4.79 Å². The first-order chi connectivity index (χ1) is 8.58. The van der Waals surface area contributed by atoms with Crippen molar-refractivity contribution in [3.63, 3.8) is 0 Å². The summed E-state index contributed by atoms with van der Waals surface area (Å²) in [6, 6.07) is 1.16. The molecule has 1 aliphatic rings. The molecule has 1 aromatic heterocycles. The van der Waals surface area contributed by atoms with Crippen molar-refractivity contribution in [1.82, 2.24) is 9.55 Å². The normalized spacial score (nSPS) is 31.7. The van der Waals surface area contributed by atoms with Gasteiger partial charge in [0.25, 0.3) is 5.56 Å². The van der Waals surface area contributed by atoms with E-state index in [1.807, 2.05) is 0 Å². The average molecular weight is 258 g/mol. The molecule has 0 aromatic carbocycles. The van der Waals surface area contributed by atoms with Gasteiger partial charge in [-0.3, -0.25) is 14.3 Å². The topological polar surface area (TPSA) is 114 Å². The van der Waals surface area contributed by atoms with Crippen LogP contribution in [0.15, 0.2) is 21.9 Å². The van der Waals surface area contributed by atoms with Gasteiger partial charge in [-0.15, -0.1) is 0 Å². The molecule has 18 heavy (non-hydrogen) atoms. The lowest BCUT2D eigenvalue weighted by atomic mass is 10.1. The monoisotopic (exact) mass is 258 g/mol. The molecule has 3 N–H and O–H groups in total. The van der Waals surface area contributed by atoms with Crippen molar-refractivity contribution in [1.29, 1.82) is 0 Å². The van der Waals surface area contributed by atoms with Crippen LogP contribution in [0.1, 0.15) is 6.23 Å². The lowest BCUT2D eigenvalue weighted by Gasteiger charge is -2.19. The summed E-state index contributed by atoms with van der Waals surface area (Å²) >= 11 is 0. The zero-order chi connectivity index (χ0) is 13.3. The van der Waals surface area contributed by atoms with Crippen molar-refractivity contribution in [2.24, 2.45) is 0 Å². The van der Waals surface area contributed by atoms with Gasteiger partial charge >= 0.3 is 5.69 Å². The maximum Gasteiger partial charge on any atom is 0.330 e. The number of H-pyrrole nitrogens is 1.